The lowest BCUT2D eigenvalue weighted by atomic mass is 9.85. The topological polar surface area (TPSA) is 75.8 Å². The summed E-state index contributed by atoms with van der Waals surface area (Å²) in [4.78, 5) is 13.6. The molecule has 0 radical (unpaired) electrons. The lowest BCUT2D eigenvalue weighted by Gasteiger charge is -2.47. The molecule has 2 heterocycles. The summed E-state index contributed by atoms with van der Waals surface area (Å²) in [6.45, 7) is 29.3. The molecule has 8 atom stereocenters. The van der Waals surface area contributed by atoms with Crippen LogP contribution in [-0.2, 0) is 29.2 Å². The predicted octanol–water partition coefficient (Wildman–Crippen LogP) is 7.94. The van der Waals surface area contributed by atoms with E-state index in [4.69, 9.17) is 27.5 Å². The second-order valence-electron chi connectivity index (χ2n) is 16.6. The molecule has 0 amide bonds. The molecular formula is C35H60O7Si3. The van der Waals surface area contributed by atoms with Crippen LogP contribution in [0, 0.1) is 18.8 Å². The van der Waals surface area contributed by atoms with Gasteiger partial charge in [-0.15, -0.1) is 0 Å². The number of hydrogen-bond donors (Lipinski definition) is 0. The summed E-state index contributed by atoms with van der Waals surface area (Å²) in [6.07, 6.45) is 2.22. The van der Waals surface area contributed by atoms with Crippen LogP contribution in [0.4, 0.5) is 0 Å². The van der Waals surface area contributed by atoms with Crippen molar-refractivity contribution in [2.45, 2.75) is 143 Å². The van der Waals surface area contributed by atoms with E-state index < -0.39 is 25.0 Å². The maximum Gasteiger partial charge on any atom is 0.189 e. The van der Waals surface area contributed by atoms with Gasteiger partial charge in [-0.05, 0) is 116 Å². The number of epoxide rings is 1. The maximum atomic E-state index is 13.6. The Morgan fingerprint density at radius 3 is 2.13 bits per heavy atom. The molecule has 1 aliphatic carbocycles. The van der Waals surface area contributed by atoms with E-state index in [1.54, 1.807) is 7.11 Å². The molecule has 1 aromatic carbocycles. The number of fused-ring (bicyclic) bond motifs is 1. The Labute approximate surface area is 276 Å². The Bertz CT molecular complexity index is 1260. The predicted molar refractivity (Wildman–Crippen MR) is 189 cm³/mol. The maximum absolute atomic E-state index is 13.6. The number of ether oxygens (including phenoxy) is 3. The van der Waals surface area contributed by atoms with Gasteiger partial charge in [-0.25, -0.2) is 0 Å². The van der Waals surface area contributed by atoms with E-state index in [-0.39, 0.29) is 48.3 Å². The third kappa shape index (κ3) is 9.49. The van der Waals surface area contributed by atoms with E-state index in [0.29, 0.717) is 25.4 Å². The van der Waals surface area contributed by atoms with E-state index in [1.807, 2.05) is 19.1 Å². The first-order valence-corrected chi connectivity index (χ1v) is 27.1. The van der Waals surface area contributed by atoms with Crippen LogP contribution in [0.1, 0.15) is 55.1 Å². The molecule has 0 unspecified atom stereocenters. The number of ketones is 1. The third-order valence-electron chi connectivity index (χ3n) is 9.13. The van der Waals surface area contributed by atoms with Crippen LogP contribution >= 0.6 is 0 Å². The number of benzene rings is 1. The molecule has 2 saturated heterocycles. The van der Waals surface area contributed by atoms with Crippen LogP contribution in [0.5, 0.6) is 5.75 Å². The highest BCUT2D eigenvalue weighted by Crippen LogP contribution is 2.42. The highest BCUT2D eigenvalue weighted by Gasteiger charge is 2.51. The normalized spacial score (nSPS) is 29.8. The van der Waals surface area contributed by atoms with Crippen molar-refractivity contribution in [3.63, 3.8) is 0 Å². The summed E-state index contributed by atoms with van der Waals surface area (Å²) < 4.78 is 38.9. The summed E-state index contributed by atoms with van der Waals surface area (Å²) in [5.41, 5.74) is 4.78. The van der Waals surface area contributed by atoms with Crippen LogP contribution in [0.2, 0.25) is 58.9 Å². The van der Waals surface area contributed by atoms with Gasteiger partial charge in [0.1, 0.15) is 5.75 Å². The van der Waals surface area contributed by atoms with Crippen LogP contribution in [0.25, 0.3) is 0 Å². The van der Waals surface area contributed by atoms with Crippen LogP contribution in [0.15, 0.2) is 23.3 Å². The summed E-state index contributed by atoms with van der Waals surface area (Å²) >= 11 is 0. The Hall–Kier alpha value is -1.12. The molecule has 45 heavy (non-hydrogen) atoms. The molecule has 10 heteroatoms. The Balaban J connectivity index is 1.56. The van der Waals surface area contributed by atoms with Crippen molar-refractivity contribution in [2.24, 2.45) is 11.8 Å². The number of allylic oxidation sites excluding steroid dienone is 1. The van der Waals surface area contributed by atoms with Gasteiger partial charge in [0.25, 0.3) is 0 Å². The largest absolute Gasteiger partial charge is 0.497 e. The van der Waals surface area contributed by atoms with Gasteiger partial charge in [0, 0.05) is 35.5 Å². The van der Waals surface area contributed by atoms with Gasteiger partial charge in [-0.2, -0.15) is 0 Å². The van der Waals surface area contributed by atoms with E-state index in [0.717, 1.165) is 40.0 Å². The first-order chi connectivity index (χ1) is 20.7. The van der Waals surface area contributed by atoms with E-state index >= 15 is 0 Å². The van der Waals surface area contributed by atoms with Crippen LogP contribution in [0.3, 0.4) is 0 Å². The van der Waals surface area contributed by atoms with Gasteiger partial charge in [0.15, 0.2) is 30.7 Å². The minimum absolute atomic E-state index is 0.0845. The average molecular weight is 677 g/mol. The number of carbonyl (C=O) groups excluding carboxylic acids is 1. The zero-order valence-corrected chi connectivity index (χ0v) is 33.5. The Morgan fingerprint density at radius 2 is 1.56 bits per heavy atom. The molecule has 1 aromatic rings. The molecule has 2 fully saturated rings. The van der Waals surface area contributed by atoms with Crippen molar-refractivity contribution in [1.29, 1.82) is 0 Å². The van der Waals surface area contributed by atoms with Crippen molar-refractivity contribution in [3.05, 3.63) is 40.0 Å². The fraction of sp³-hybridized carbons (Fsp3) is 0.743. The van der Waals surface area contributed by atoms with E-state index in [9.17, 15) is 4.79 Å². The first kappa shape index (κ1) is 36.7. The minimum Gasteiger partial charge on any atom is -0.497 e. The molecule has 4 rings (SSSR count). The van der Waals surface area contributed by atoms with Gasteiger partial charge in [-0.1, -0.05) is 12.5 Å². The lowest BCUT2D eigenvalue weighted by Crippen LogP contribution is -2.58. The number of methoxy groups -OCH3 is 1. The standard InChI is InChI=1S/C35H60O7Si3/c1-21(28-18-25-17-27(37-5)15-22(2)31(25)32(28)36)16-29-35(42-45(12,13)14)34(41-44(9,10)11)26(20-38-29)19-30-33(39-30)23(3)24(4)40-43(6,7)8/h15,17,23-24,26,29-30,33-35H,16,18-20H2,1-14H3/t23-,24+,26+,29+,30+,33+,34-,35-/m1/s1. The average Bonchev–Trinajstić information content (AvgIpc) is 3.57. The van der Waals surface area contributed by atoms with Crippen molar-refractivity contribution < 1.29 is 32.3 Å². The highest BCUT2D eigenvalue weighted by atomic mass is 28.4. The molecule has 254 valence electrons. The molecular weight excluding hydrogens is 617 g/mol. The highest BCUT2D eigenvalue weighted by molar-refractivity contribution is 6.70. The second-order valence-corrected chi connectivity index (χ2v) is 30.0. The minimum atomic E-state index is -1.98. The fourth-order valence-electron chi connectivity index (χ4n) is 7.05. The van der Waals surface area contributed by atoms with Crippen molar-refractivity contribution in [3.8, 4) is 5.75 Å². The molecule has 2 aliphatic heterocycles. The smallest absolute Gasteiger partial charge is 0.189 e. The van der Waals surface area contributed by atoms with Crippen molar-refractivity contribution >= 4 is 30.7 Å². The summed E-state index contributed by atoms with van der Waals surface area (Å²) in [5.74, 6) is 1.43. The molecule has 0 N–H and O–H groups in total. The summed E-state index contributed by atoms with van der Waals surface area (Å²) in [6, 6.07) is 3.95. The van der Waals surface area contributed by atoms with Crippen LogP contribution in [-0.4, -0.2) is 81.1 Å². The van der Waals surface area contributed by atoms with Gasteiger partial charge >= 0.3 is 0 Å². The summed E-state index contributed by atoms with van der Waals surface area (Å²) in [7, 11) is -3.87. The quantitative estimate of drug-likeness (QED) is 0.119. The lowest BCUT2D eigenvalue weighted by molar-refractivity contribution is -0.152. The van der Waals surface area contributed by atoms with Crippen molar-refractivity contribution in [2.75, 3.05) is 13.7 Å². The molecule has 0 bridgehead atoms. The zero-order valence-electron chi connectivity index (χ0n) is 30.5. The molecule has 0 saturated carbocycles. The number of hydrogen-bond acceptors (Lipinski definition) is 7. The van der Waals surface area contributed by atoms with Crippen LogP contribution < -0.4 is 4.74 Å². The van der Waals surface area contributed by atoms with Crippen molar-refractivity contribution in [1.82, 2.24) is 0 Å². The summed E-state index contributed by atoms with van der Waals surface area (Å²) in [5, 5.41) is 0. The number of aryl methyl sites for hydroxylation is 1. The Kier molecular flexibility index (Phi) is 11.2. The third-order valence-corrected chi connectivity index (χ3v) is 12.2. The zero-order chi connectivity index (χ0) is 33.6. The SMILES string of the molecule is COc1cc(C)c2c(c1)CC(=C(C)C[C@@H]1OC[C@H](C[C@@H]3O[C@H]3[C@H](C)[C@H](C)O[Si](C)(C)C)[C@@H](O[Si](C)(C)C)[C@@H]1O[Si](C)(C)C)C2=O. The van der Waals surface area contributed by atoms with Gasteiger partial charge in [0.05, 0.1) is 44.2 Å². The first-order valence-electron chi connectivity index (χ1n) is 16.9. The van der Waals surface area contributed by atoms with E-state index in [2.05, 4.69) is 79.7 Å². The monoisotopic (exact) mass is 676 g/mol. The second kappa shape index (κ2) is 13.8. The van der Waals surface area contributed by atoms with Gasteiger partial charge in [-0.3, -0.25) is 4.79 Å². The number of Topliss-reactive ketones (excluding diaryl/α,β-unsaturated/α-hetero) is 1. The Morgan fingerprint density at radius 1 is 0.933 bits per heavy atom. The van der Waals surface area contributed by atoms with Gasteiger partial charge < -0.3 is 27.5 Å². The fourth-order valence-corrected chi connectivity index (χ4v) is 10.6. The molecule has 3 aliphatic rings. The van der Waals surface area contributed by atoms with E-state index in [1.165, 1.54) is 0 Å². The molecule has 0 aromatic heterocycles. The molecule has 0 spiro atoms. The van der Waals surface area contributed by atoms with Gasteiger partial charge in [0.2, 0.25) is 0 Å². The number of carbonyl (C=O) groups is 1. The number of rotatable bonds is 13. The molecule has 7 nitrogen and oxygen atoms in total.